The number of rotatable bonds is 2. The Morgan fingerprint density at radius 2 is 2.19 bits per heavy atom. The van der Waals surface area contributed by atoms with Gasteiger partial charge in [0.2, 0.25) is 5.91 Å². The van der Waals surface area contributed by atoms with Crippen molar-refractivity contribution in [3.8, 4) is 0 Å². The van der Waals surface area contributed by atoms with Gasteiger partial charge < -0.3 is 10.0 Å². The fourth-order valence-corrected chi connectivity index (χ4v) is 2.08. The van der Waals surface area contributed by atoms with Crippen molar-refractivity contribution >= 4 is 23.2 Å². The van der Waals surface area contributed by atoms with Gasteiger partial charge in [-0.05, 0) is 24.1 Å². The SMILES string of the molecule is CC(Cl)C(O)c1ccc2c(c1)CC(=O)N2C. The van der Waals surface area contributed by atoms with Gasteiger partial charge in [-0.15, -0.1) is 11.6 Å². The molecule has 2 unspecified atom stereocenters. The number of anilines is 1. The third kappa shape index (κ3) is 1.81. The highest BCUT2D eigenvalue weighted by atomic mass is 35.5. The molecule has 2 rings (SSSR count). The summed E-state index contributed by atoms with van der Waals surface area (Å²) in [6, 6.07) is 5.54. The van der Waals surface area contributed by atoms with Gasteiger partial charge in [0.1, 0.15) is 0 Å². The molecule has 0 spiro atoms. The third-order valence-corrected chi connectivity index (χ3v) is 3.20. The number of amides is 1. The first kappa shape index (κ1) is 11.4. The molecule has 1 N–H and O–H groups in total. The summed E-state index contributed by atoms with van der Waals surface area (Å²) in [5.74, 6) is 0.0839. The highest BCUT2D eigenvalue weighted by Gasteiger charge is 2.25. The zero-order valence-corrected chi connectivity index (χ0v) is 10.0. The largest absolute Gasteiger partial charge is 0.387 e. The first-order chi connectivity index (χ1) is 7.50. The van der Waals surface area contributed by atoms with Gasteiger partial charge in [-0.25, -0.2) is 0 Å². The van der Waals surface area contributed by atoms with E-state index in [4.69, 9.17) is 11.6 Å². The number of aliphatic hydroxyl groups excluding tert-OH is 1. The van der Waals surface area contributed by atoms with Crippen LogP contribution in [-0.4, -0.2) is 23.4 Å². The summed E-state index contributed by atoms with van der Waals surface area (Å²) in [4.78, 5) is 13.1. The molecule has 16 heavy (non-hydrogen) atoms. The van der Waals surface area contributed by atoms with Gasteiger partial charge in [0, 0.05) is 12.7 Å². The lowest BCUT2D eigenvalue weighted by Gasteiger charge is -2.15. The Hall–Kier alpha value is -1.06. The van der Waals surface area contributed by atoms with Crippen molar-refractivity contribution in [3.05, 3.63) is 29.3 Å². The van der Waals surface area contributed by atoms with E-state index < -0.39 is 6.10 Å². The molecule has 1 aromatic rings. The third-order valence-electron chi connectivity index (χ3n) is 2.96. The Bertz CT molecular complexity index is 431. The molecule has 86 valence electrons. The van der Waals surface area contributed by atoms with Gasteiger partial charge >= 0.3 is 0 Å². The van der Waals surface area contributed by atoms with E-state index in [0.29, 0.717) is 6.42 Å². The van der Waals surface area contributed by atoms with Crippen molar-refractivity contribution in [2.75, 3.05) is 11.9 Å². The minimum atomic E-state index is -0.687. The Kier molecular flexibility index (Phi) is 2.91. The number of benzene rings is 1. The molecule has 4 heteroatoms. The molecule has 0 bridgehead atoms. The zero-order valence-electron chi connectivity index (χ0n) is 9.27. The molecule has 1 aliphatic heterocycles. The normalized spacial score (nSPS) is 18.5. The van der Waals surface area contributed by atoms with Crippen LogP contribution in [0.15, 0.2) is 18.2 Å². The highest BCUT2D eigenvalue weighted by molar-refractivity contribution is 6.20. The molecule has 1 aliphatic rings. The molecular formula is C12H14ClNO2. The van der Waals surface area contributed by atoms with Crippen molar-refractivity contribution in [2.24, 2.45) is 0 Å². The van der Waals surface area contributed by atoms with E-state index >= 15 is 0 Å². The van der Waals surface area contributed by atoms with Crippen LogP contribution < -0.4 is 4.90 Å². The lowest BCUT2D eigenvalue weighted by Crippen LogP contribution is -2.20. The first-order valence-electron chi connectivity index (χ1n) is 5.22. The van der Waals surface area contributed by atoms with Crippen molar-refractivity contribution in [1.82, 2.24) is 0 Å². The molecular weight excluding hydrogens is 226 g/mol. The van der Waals surface area contributed by atoms with Crippen LogP contribution >= 0.6 is 11.6 Å². The number of carbonyl (C=O) groups is 1. The van der Waals surface area contributed by atoms with E-state index in [1.54, 1.807) is 18.9 Å². The van der Waals surface area contributed by atoms with Crippen molar-refractivity contribution in [1.29, 1.82) is 0 Å². The monoisotopic (exact) mass is 239 g/mol. The van der Waals surface area contributed by atoms with Crippen LogP contribution in [0.1, 0.15) is 24.2 Å². The number of hydrogen-bond donors (Lipinski definition) is 1. The molecule has 3 nitrogen and oxygen atoms in total. The number of fused-ring (bicyclic) bond motifs is 1. The average Bonchev–Trinajstić information content (AvgIpc) is 2.53. The molecule has 2 atom stereocenters. The predicted octanol–water partition coefficient (Wildman–Crippen LogP) is 1.87. The second-order valence-corrected chi connectivity index (χ2v) is 4.83. The average molecular weight is 240 g/mol. The summed E-state index contributed by atoms with van der Waals surface area (Å²) < 4.78 is 0. The van der Waals surface area contributed by atoms with E-state index in [0.717, 1.165) is 16.8 Å². The van der Waals surface area contributed by atoms with E-state index in [1.165, 1.54) is 0 Å². The Morgan fingerprint density at radius 1 is 1.50 bits per heavy atom. The quantitative estimate of drug-likeness (QED) is 0.801. The second-order valence-electron chi connectivity index (χ2n) is 4.14. The molecule has 0 fully saturated rings. The van der Waals surface area contributed by atoms with Crippen LogP contribution in [0.4, 0.5) is 5.69 Å². The van der Waals surface area contributed by atoms with E-state index in [1.807, 2.05) is 18.2 Å². The standard InChI is InChI=1S/C12H14ClNO2/c1-7(13)12(16)8-3-4-10-9(5-8)6-11(15)14(10)2/h3-5,7,12,16H,6H2,1-2H3. The van der Waals surface area contributed by atoms with Gasteiger partial charge in [-0.1, -0.05) is 12.1 Å². The lowest BCUT2D eigenvalue weighted by atomic mass is 10.0. The molecule has 1 heterocycles. The summed E-state index contributed by atoms with van der Waals surface area (Å²) >= 11 is 5.84. The molecule has 0 aromatic heterocycles. The minimum Gasteiger partial charge on any atom is -0.387 e. The highest BCUT2D eigenvalue weighted by Crippen LogP contribution is 2.31. The van der Waals surface area contributed by atoms with Crippen LogP contribution in [0.2, 0.25) is 0 Å². The van der Waals surface area contributed by atoms with Crippen LogP contribution in [0, 0.1) is 0 Å². The van der Waals surface area contributed by atoms with Gasteiger partial charge in [-0.2, -0.15) is 0 Å². The van der Waals surface area contributed by atoms with Gasteiger partial charge in [0.25, 0.3) is 0 Å². The second kappa shape index (κ2) is 4.07. The smallest absolute Gasteiger partial charge is 0.231 e. The zero-order chi connectivity index (χ0) is 11.9. The maximum Gasteiger partial charge on any atom is 0.231 e. The number of hydrogen-bond acceptors (Lipinski definition) is 2. The Balaban J connectivity index is 2.35. The molecule has 0 radical (unpaired) electrons. The minimum absolute atomic E-state index is 0.0839. The summed E-state index contributed by atoms with van der Waals surface area (Å²) in [5, 5.41) is 9.49. The summed E-state index contributed by atoms with van der Waals surface area (Å²) in [7, 11) is 1.76. The fraction of sp³-hybridized carbons (Fsp3) is 0.417. The summed E-state index contributed by atoms with van der Waals surface area (Å²) in [6.07, 6.45) is -0.281. The molecule has 0 aliphatic carbocycles. The van der Waals surface area contributed by atoms with Crippen molar-refractivity contribution in [2.45, 2.75) is 24.8 Å². The van der Waals surface area contributed by atoms with Crippen LogP contribution in [0.3, 0.4) is 0 Å². The summed E-state index contributed by atoms with van der Waals surface area (Å²) in [5.41, 5.74) is 2.65. The molecule has 1 amide bonds. The van der Waals surface area contributed by atoms with E-state index in [9.17, 15) is 9.90 Å². The molecule has 0 saturated heterocycles. The van der Waals surface area contributed by atoms with Crippen molar-refractivity contribution < 1.29 is 9.90 Å². The van der Waals surface area contributed by atoms with E-state index in [-0.39, 0.29) is 11.3 Å². The van der Waals surface area contributed by atoms with Crippen molar-refractivity contribution in [3.63, 3.8) is 0 Å². The topological polar surface area (TPSA) is 40.5 Å². The first-order valence-corrected chi connectivity index (χ1v) is 5.66. The molecule has 0 saturated carbocycles. The fourth-order valence-electron chi connectivity index (χ4n) is 1.94. The van der Waals surface area contributed by atoms with Gasteiger partial charge in [0.05, 0.1) is 17.9 Å². The number of likely N-dealkylation sites (N-methyl/N-ethyl adjacent to an activating group) is 1. The number of nitrogens with zero attached hydrogens (tertiary/aromatic N) is 1. The number of carbonyl (C=O) groups excluding carboxylic acids is 1. The van der Waals surface area contributed by atoms with Crippen LogP contribution in [-0.2, 0) is 11.2 Å². The van der Waals surface area contributed by atoms with Crippen LogP contribution in [0.25, 0.3) is 0 Å². The maximum atomic E-state index is 11.5. The van der Waals surface area contributed by atoms with Crippen LogP contribution in [0.5, 0.6) is 0 Å². The number of alkyl halides is 1. The van der Waals surface area contributed by atoms with E-state index in [2.05, 4.69) is 0 Å². The maximum absolute atomic E-state index is 11.5. The summed E-state index contributed by atoms with van der Waals surface area (Å²) in [6.45, 7) is 1.75. The number of aliphatic hydroxyl groups is 1. The lowest BCUT2D eigenvalue weighted by molar-refractivity contribution is -0.117. The predicted molar refractivity (Wildman–Crippen MR) is 63.8 cm³/mol. The van der Waals surface area contributed by atoms with Gasteiger partial charge in [0.15, 0.2) is 0 Å². The molecule has 1 aromatic carbocycles. The Labute approximate surface area is 99.6 Å². The number of halogens is 1. The Morgan fingerprint density at radius 3 is 2.81 bits per heavy atom. The van der Waals surface area contributed by atoms with Gasteiger partial charge in [-0.3, -0.25) is 4.79 Å².